The van der Waals surface area contributed by atoms with Gasteiger partial charge >= 0.3 is 5.97 Å². The molecular formula is C9H8O2. The summed E-state index contributed by atoms with van der Waals surface area (Å²) < 4.78 is 0. The van der Waals surface area contributed by atoms with Crippen molar-refractivity contribution in [3.63, 3.8) is 0 Å². The summed E-state index contributed by atoms with van der Waals surface area (Å²) in [5.74, 6) is -0.925. The minimum Gasteiger partial charge on any atom is -0.478 e. The van der Waals surface area contributed by atoms with Crippen LogP contribution in [0.5, 0.6) is 0 Å². The van der Waals surface area contributed by atoms with Crippen molar-refractivity contribution in [2.24, 2.45) is 0 Å². The third kappa shape index (κ3) is 1.93. The standard InChI is InChI=1S/C9H8O2/c1-7-4-2-3-5-8(6-7)9(10)11/h2-6H,1H2,(H,10,11). The molecule has 1 N–H and O–H groups in total. The highest BCUT2D eigenvalue weighted by Crippen LogP contribution is 2.08. The molecule has 0 unspecified atom stereocenters. The van der Waals surface area contributed by atoms with Crippen LogP contribution >= 0.6 is 0 Å². The molecular weight excluding hydrogens is 140 g/mol. The van der Waals surface area contributed by atoms with Gasteiger partial charge in [0, 0.05) is 0 Å². The maximum atomic E-state index is 10.5. The van der Waals surface area contributed by atoms with Crippen LogP contribution in [0, 0.1) is 0 Å². The van der Waals surface area contributed by atoms with Crippen LogP contribution in [0.2, 0.25) is 0 Å². The highest BCUT2D eigenvalue weighted by Gasteiger charge is 2.03. The number of carbonyl (C=O) groups is 1. The average molecular weight is 148 g/mol. The Balaban J connectivity index is 2.97. The largest absolute Gasteiger partial charge is 0.478 e. The van der Waals surface area contributed by atoms with Gasteiger partial charge in [0.15, 0.2) is 0 Å². The second kappa shape index (κ2) is 3.01. The molecule has 1 rings (SSSR count). The van der Waals surface area contributed by atoms with Crippen LogP contribution < -0.4 is 0 Å². The van der Waals surface area contributed by atoms with Gasteiger partial charge in [-0.05, 0) is 17.7 Å². The predicted molar refractivity (Wildman–Crippen MR) is 43.1 cm³/mol. The Bertz CT molecular complexity index is 280. The number of allylic oxidation sites excluding steroid dienone is 5. The van der Waals surface area contributed by atoms with E-state index in [1.165, 1.54) is 12.2 Å². The molecule has 0 saturated carbocycles. The topological polar surface area (TPSA) is 37.3 Å². The molecule has 0 amide bonds. The van der Waals surface area contributed by atoms with Crippen molar-refractivity contribution in [1.29, 1.82) is 0 Å². The summed E-state index contributed by atoms with van der Waals surface area (Å²) in [4.78, 5) is 10.5. The molecule has 0 aromatic rings. The first-order chi connectivity index (χ1) is 5.20. The second-order valence-electron chi connectivity index (χ2n) is 2.20. The summed E-state index contributed by atoms with van der Waals surface area (Å²) in [6.07, 6.45) is 8.26. The lowest BCUT2D eigenvalue weighted by Crippen LogP contribution is -1.96. The van der Waals surface area contributed by atoms with E-state index in [-0.39, 0.29) is 5.57 Å². The first-order valence-corrected chi connectivity index (χ1v) is 3.19. The zero-order chi connectivity index (χ0) is 8.27. The summed E-state index contributed by atoms with van der Waals surface area (Å²) in [6.45, 7) is 3.64. The van der Waals surface area contributed by atoms with Crippen LogP contribution in [-0.4, -0.2) is 11.1 Å². The SMILES string of the molecule is C=C1C=CC=CC(C(=O)O)=C1. The van der Waals surface area contributed by atoms with Crippen LogP contribution in [0.15, 0.2) is 48.1 Å². The highest BCUT2D eigenvalue weighted by atomic mass is 16.4. The van der Waals surface area contributed by atoms with Gasteiger partial charge in [0.05, 0.1) is 5.57 Å². The smallest absolute Gasteiger partial charge is 0.335 e. The van der Waals surface area contributed by atoms with Crippen LogP contribution in [0.4, 0.5) is 0 Å². The highest BCUT2D eigenvalue weighted by molar-refractivity contribution is 5.90. The van der Waals surface area contributed by atoms with E-state index in [1.807, 2.05) is 0 Å². The van der Waals surface area contributed by atoms with Gasteiger partial charge in [0.25, 0.3) is 0 Å². The Morgan fingerprint density at radius 3 is 2.64 bits per heavy atom. The Hall–Kier alpha value is -1.57. The van der Waals surface area contributed by atoms with Gasteiger partial charge in [-0.2, -0.15) is 0 Å². The monoisotopic (exact) mass is 148 g/mol. The summed E-state index contributed by atoms with van der Waals surface area (Å²) >= 11 is 0. The molecule has 0 aromatic carbocycles. The molecule has 0 fully saturated rings. The van der Waals surface area contributed by atoms with Crippen molar-refractivity contribution >= 4 is 5.97 Å². The molecule has 1 aliphatic carbocycles. The molecule has 0 bridgehead atoms. The third-order valence-corrected chi connectivity index (χ3v) is 1.29. The molecule has 2 heteroatoms. The normalized spacial score (nSPS) is 16.0. The summed E-state index contributed by atoms with van der Waals surface area (Å²) in [5.41, 5.74) is 0.965. The Morgan fingerprint density at radius 1 is 1.36 bits per heavy atom. The van der Waals surface area contributed by atoms with Gasteiger partial charge in [-0.1, -0.05) is 24.8 Å². The first kappa shape index (κ1) is 7.54. The third-order valence-electron chi connectivity index (χ3n) is 1.29. The number of carboxylic acids is 1. The van der Waals surface area contributed by atoms with Gasteiger partial charge in [-0.3, -0.25) is 0 Å². The lowest BCUT2D eigenvalue weighted by Gasteiger charge is -1.91. The van der Waals surface area contributed by atoms with E-state index in [9.17, 15) is 4.79 Å². The minimum atomic E-state index is -0.925. The summed E-state index contributed by atoms with van der Waals surface area (Å²) in [5, 5.41) is 8.59. The van der Waals surface area contributed by atoms with Crippen molar-refractivity contribution < 1.29 is 9.90 Å². The number of hydrogen-bond donors (Lipinski definition) is 1. The van der Waals surface area contributed by atoms with Gasteiger partial charge < -0.3 is 5.11 Å². The van der Waals surface area contributed by atoms with Crippen molar-refractivity contribution in [1.82, 2.24) is 0 Å². The van der Waals surface area contributed by atoms with E-state index in [1.54, 1.807) is 18.2 Å². The van der Waals surface area contributed by atoms with Gasteiger partial charge in [-0.15, -0.1) is 0 Å². The van der Waals surface area contributed by atoms with Crippen LogP contribution in [0.1, 0.15) is 0 Å². The Morgan fingerprint density at radius 2 is 2.00 bits per heavy atom. The summed E-state index contributed by atoms with van der Waals surface area (Å²) in [6, 6.07) is 0. The Labute approximate surface area is 64.9 Å². The molecule has 2 nitrogen and oxygen atoms in total. The van der Waals surface area contributed by atoms with E-state index >= 15 is 0 Å². The fourth-order valence-electron chi connectivity index (χ4n) is 0.767. The summed E-state index contributed by atoms with van der Waals surface area (Å²) in [7, 11) is 0. The van der Waals surface area contributed by atoms with E-state index in [4.69, 9.17) is 5.11 Å². The van der Waals surface area contributed by atoms with Crippen LogP contribution in [0.3, 0.4) is 0 Å². The fourth-order valence-corrected chi connectivity index (χ4v) is 0.767. The van der Waals surface area contributed by atoms with E-state index in [2.05, 4.69) is 6.58 Å². The van der Waals surface area contributed by atoms with Gasteiger partial charge in [0.1, 0.15) is 0 Å². The predicted octanol–water partition coefficient (Wildman–Crippen LogP) is 1.68. The van der Waals surface area contributed by atoms with Crippen LogP contribution in [-0.2, 0) is 4.79 Å². The van der Waals surface area contributed by atoms with Crippen molar-refractivity contribution in [3.8, 4) is 0 Å². The lowest BCUT2D eigenvalue weighted by molar-refractivity contribution is -0.132. The quantitative estimate of drug-likeness (QED) is 0.614. The molecule has 1 aliphatic rings. The number of carboxylic acid groups (broad SMARTS) is 1. The van der Waals surface area contributed by atoms with Gasteiger partial charge in [0.2, 0.25) is 0 Å². The van der Waals surface area contributed by atoms with Crippen molar-refractivity contribution in [3.05, 3.63) is 48.1 Å². The molecule has 0 heterocycles. The average Bonchev–Trinajstić information content (AvgIpc) is 2.13. The molecule has 0 saturated heterocycles. The molecule has 11 heavy (non-hydrogen) atoms. The Kier molecular flexibility index (Phi) is 2.06. The van der Waals surface area contributed by atoms with Crippen molar-refractivity contribution in [2.45, 2.75) is 0 Å². The number of aliphatic carboxylic acids is 1. The molecule has 56 valence electrons. The maximum Gasteiger partial charge on any atom is 0.335 e. The molecule has 0 spiro atoms. The van der Waals surface area contributed by atoms with E-state index in [0.29, 0.717) is 5.57 Å². The fraction of sp³-hybridized carbons (Fsp3) is 0. The van der Waals surface area contributed by atoms with E-state index < -0.39 is 5.97 Å². The first-order valence-electron chi connectivity index (χ1n) is 3.19. The van der Waals surface area contributed by atoms with E-state index in [0.717, 1.165) is 0 Å². The van der Waals surface area contributed by atoms with Gasteiger partial charge in [-0.25, -0.2) is 4.79 Å². The molecule has 0 radical (unpaired) electrons. The molecule has 0 atom stereocenters. The molecule has 0 aromatic heterocycles. The zero-order valence-electron chi connectivity index (χ0n) is 5.95. The molecule has 0 aliphatic heterocycles. The van der Waals surface area contributed by atoms with Crippen molar-refractivity contribution in [2.75, 3.05) is 0 Å². The number of hydrogen-bond acceptors (Lipinski definition) is 1. The second-order valence-corrected chi connectivity index (χ2v) is 2.20. The zero-order valence-corrected chi connectivity index (χ0v) is 5.95. The lowest BCUT2D eigenvalue weighted by atomic mass is 10.2. The number of rotatable bonds is 1. The minimum absolute atomic E-state index is 0.264. The maximum absolute atomic E-state index is 10.5. The van der Waals surface area contributed by atoms with Crippen LogP contribution in [0.25, 0.3) is 0 Å².